The number of nitrogens with one attached hydrogen (secondary N) is 2. The van der Waals surface area contributed by atoms with Crippen LogP contribution in [0.25, 0.3) is 78.7 Å². The monoisotopic (exact) mass is 736 g/mol. The maximum atomic E-state index is 5.54. The van der Waals surface area contributed by atoms with E-state index in [1.165, 1.54) is 0 Å². The lowest BCUT2D eigenvalue weighted by molar-refractivity contribution is 0.415. The van der Waals surface area contributed by atoms with Gasteiger partial charge in [0.15, 0.2) is 0 Å². The quantitative estimate of drug-likeness (QED) is 0.161. The van der Waals surface area contributed by atoms with Gasteiger partial charge in [-0.05, 0) is 120 Å². The number of methoxy groups -OCH3 is 4. The standard InChI is InChI=1S/C48H40N4O4/c1-53-33-13-5-29(6-14-33)45-37-21-23-39(49-37)46(30-7-15-34(54-2)16-8-30)41-25-27-43(51-41)48(32-11-19-36(56-4)20-12-32)44-28-26-42(52-44)47(40-24-22-38(45)50-40)31-9-17-35(55-3)18-10-31/h5-25,27,50-51H,26,28H2,1-4H3. The lowest BCUT2D eigenvalue weighted by atomic mass is 10.0. The first-order chi connectivity index (χ1) is 27.5. The normalized spacial score (nSPS) is 12.1. The second-order valence-electron chi connectivity index (χ2n) is 13.7. The Labute approximate surface area is 325 Å². The number of hydrogen-bond donors (Lipinski definition) is 2. The third-order valence-electron chi connectivity index (χ3n) is 10.6. The van der Waals surface area contributed by atoms with Gasteiger partial charge in [-0.25, -0.2) is 4.98 Å². The molecule has 3 aromatic heterocycles. The maximum absolute atomic E-state index is 5.54. The maximum Gasteiger partial charge on any atom is 0.118 e. The predicted molar refractivity (Wildman–Crippen MR) is 225 cm³/mol. The van der Waals surface area contributed by atoms with Crippen LogP contribution in [0.5, 0.6) is 23.0 Å². The number of hydrogen-bond acceptors (Lipinski definition) is 6. The zero-order valence-electron chi connectivity index (χ0n) is 31.6. The Balaban J connectivity index is 1.43. The molecule has 0 radical (unpaired) electrons. The van der Waals surface area contributed by atoms with Crippen LogP contribution in [0, 0.1) is 0 Å². The molecule has 2 aliphatic rings. The molecule has 8 nitrogen and oxygen atoms in total. The number of aryl methyl sites for hydroxylation is 2. The van der Waals surface area contributed by atoms with Crippen molar-refractivity contribution in [2.45, 2.75) is 12.8 Å². The molecule has 0 unspecified atom stereocenters. The third-order valence-corrected chi connectivity index (χ3v) is 10.6. The second kappa shape index (κ2) is 14.6. The van der Waals surface area contributed by atoms with Crippen LogP contribution < -0.4 is 18.9 Å². The molecule has 0 aliphatic carbocycles. The summed E-state index contributed by atoms with van der Waals surface area (Å²) < 4.78 is 22.2. The van der Waals surface area contributed by atoms with Crippen molar-refractivity contribution in [3.63, 3.8) is 0 Å². The van der Waals surface area contributed by atoms with Crippen LogP contribution in [-0.4, -0.2) is 48.4 Å². The molecule has 0 atom stereocenters. The van der Waals surface area contributed by atoms with Gasteiger partial charge in [0.2, 0.25) is 0 Å². The van der Waals surface area contributed by atoms with Gasteiger partial charge in [0, 0.05) is 44.3 Å². The number of benzene rings is 4. The third kappa shape index (κ3) is 6.35. The van der Waals surface area contributed by atoms with Crippen molar-refractivity contribution >= 4 is 34.2 Å². The first-order valence-electron chi connectivity index (χ1n) is 18.6. The lowest BCUT2D eigenvalue weighted by Crippen LogP contribution is -1.90. The minimum absolute atomic E-state index is 0.768. The molecule has 2 N–H and O–H groups in total. The van der Waals surface area contributed by atoms with Crippen LogP contribution in [0.2, 0.25) is 0 Å². The largest absolute Gasteiger partial charge is 0.497 e. The number of H-pyrrole nitrogens is 2. The van der Waals surface area contributed by atoms with E-state index < -0.39 is 0 Å². The van der Waals surface area contributed by atoms with E-state index in [2.05, 4.69) is 94.9 Å². The summed E-state index contributed by atoms with van der Waals surface area (Å²) in [6.45, 7) is 0. The Morgan fingerprint density at radius 3 is 0.946 bits per heavy atom. The number of aromatic amines is 2. The van der Waals surface area contributed by atoms with Gasteiger partial charge < -0.3 is 28.9 Å². The Bertz CT molecular complexity index is 2580. The summed E-state index contributed by atoms with van der Waals surface area (Å²) in [5.74, 6) is 3.17. The molecule has 9 rings (SSSR count). The Morgan fingerprint density at radius 1 is 0.357 bits per heavy atom. The fourth-order valence-electron chi connectivity index (χ4n) is 7.76. The molecule has 0 amide bonds. The molecule has 8 heteroatoms. The Kier molecular flexibility index (Phi) is 9.07. The average Bonchev–Trinajstić information content (AvgIpc) is 4.10. The molecular weight excluding hydrogens is 697 g/mol. The van der Waals surface area contributed by atoms with Crippen LogP contribution in [0.1, 0.15) is 22.8 Å². The molecule has 56 heavy (non-hydrogen) atoms. The Hall–Kier alpha value is -7.06. The number of fused-ring (bicyclic) bond motifs is 8. The van der Waals surface area contributed by atoms with Gasteiger partial charge >= 0.3 is 0 Å². The molecule has 4 aromatic carbocycles. The van der Waals surface area contributed by atoms with Crippen molar-refractivity contribution < 1.29 is 18.9 Å². The summed E-state index contributed by atoms with van der Waals surface area (Å²) in [6.07, 6.45) is 5.74. The zero-order valence-corrected chi connectivity index (χ0v) is 31.6. The van der Waals surface area contributed by atoms with Crippen LogP contribution in [0.15, 0.2) is 121 Å². The zero-order chi connectivity index (χ0) is 38.2. The summed E-state index contributed by atoms with van der Waals surface area (Å²) in [5, 5.41) is 0. The van der Waals surface area contributed by atoms with E-state index in [0.717, 1.165) is 125 Å². The van der Waals surface area contributed by atoms with E-state index in [-0.39, 0.29) is 0 Å². The van der Waals surface area contributed by atoms with Crippen LogP contribution >= 0.6 is 0 Å². The van der Waals surface area contributed by atoms with E-state index in [4.69, 9.17) is 28.9 Å². The topological polar surface area (TPSA) is 94.3 Å². The molecule has 5 heterocycles. The lowest BCUT2D eigenvalue weighted by Gasteiger charge is -2.08. The first-order valence-corrected chi connectivity index (χ1v) is 18.6. The van der Waals surface area contributed by atoms with Gasteiger partial charge in [0.25, 0.3) is 0 Å². The highest BCUT2D eigenvalue weighted by Gasteiger charge is 2.21. The SMILES string of the molecule is COc1ccc(-c2c3nc(c(-c4ccc(OC)cc4)c4ccc([nH]4)c(-c4ccc(OC)cc4)c4nc(c(-c5ccc(OC)cc5)c5ccc2[nH]5)CC4)C=C3)cc1. The molecule has 7 aromatic rings. The van der Waals surface area contributed by atoms with Gasteiger partial charge in [0.05, 0.1) is 51.2 Å². The molecule has 2 aliphatic heterocycles. The summed E-state index contributed by atoms with van der Waals surface area (Å²) in [5.41, 5.74) is 15.7. The van der Waals surface area contributed by atoms with E-state index >= 15 is 0 Å². The van der Waals surface area contributed by atoms with Crippen molar-refractivity contribution in [2.75, 3.05) is 28.4 Å². The van der Waals surface area contributed by atoms with E-state index in [1.54, 1.807) is 28.4 Å². The molecule has 8 bridgehead atoms. The predicted octanol–water partition coefficient (Wildman–Crippen LogP) is 11.0. The van der Waals surface area contributed by atoms with Crippen molar-refractivity contribution in [1.29, 1.82) is 0 Å². The summed E-state index contributed by atoms with van der Waals surface area (Å²) >= 11 is 0. The van der Waals surface area contributed by atoms with Gasteiger partial charge in [-0.15, -0.1) is 0 Å². The number of aromatic nitrogens is 4. The highest BCUT2D eigenvalue weighted by molar-refractivity contribution is 5.97. The molecule has 0 fully saturated rings. The van der Waals surface area contributed by atoms with Gasteiger partial charge in [-0.3, -0.25) is 4.98 Å². The minimum atomic E-state index is 0.768. The van der Waals surface area contributed by atoms with Gasteiger partial charge in [-0.2, -0.15) is 0 Å². The molecule has 276 valence electrons. The fourth-order valence-corrected chi connectivity index (χ4v) is 7.76. The van der Waals surface area contributed by atoms with Gasteiger partial charge in [0.1, 0.15) is 23.0 Å². The number of nitrogens with zero attached hydrogens (tertiary/aromatic N) is 2. The van der Waals surface area contributed by atoms with Crippen molar-refractivity contribution in [3.8, 4) is 67.5 Å². The number of rotatable bonds is 8. The van der Waals surface area contributed by atoms with Crippen molar-refractivity contribution in [3.05, 3.63) is 144 Å². The van der Waals surface area contributed by atoms with Crippen molar-refractivity contribution in [1.82, 2.24) is 19.9 Å². The smallest absolute Gasteiger partial charge is 0.118 e. The van der Waals surface area contributed by atoms with E-state index in [9.17, 15) is 0 Å². The van der Waals surface area contributed by atoms with Crippen molar-refractivity contribution in [2.24, 2.45) is 0 Å². The van der Waals surface area contributed by atoms with Gasteiger partial charge in [-0.1, -0.05) is 48.5 Å². The highest BCUT2D eigenvalue weighted by Crippen LogP contribution is 2.39. The molecule has 0 saturated heterocycles. The summed E-state index contributed by atoms with van der Waals surface area (Å²) in [6, 6.07) is 41.3. The fraction of sp³-hybridized carbons (Fsp3) is 0.125. The van der Waals surface area contributed by atoms with E-state index in [0.29, 0.717) is 0 Å². The van der Waals surface area contributed by atoms with Crippen LogP contribution in [0.4, 0.5) is 0 Å². The summed E-state index contributed by atoms with van der Waals surface area (Å²) in [7, 11) is 6.74. The number of ether oxygens (including phenoxy) is 4. The molecule has 0 spiro atoms. The molecule has 0 saturated carbocycles. The second-order valence-corrected chi connectivity index (χ2v) is 13.7. The minimum Gasteiger partial charge on any atom is -0.497 e. The first kappa shape index (κ1) is 34.7. The van der Waals surface area contributed by atoms with Crippen LogP contribution in [0.3, 0.4) is 0 Å². The average molecular weight is 737 g/mol. The Morgan fingerprint density at radius 2 is 0.643 bits per heavy atom. The summed E-state index contributed by atoms with van der Waals surface area (Å²) in [4.78, 5) is 18.5. The molecular formula is C48H40N4O4. The van der Waals surface area contributed by atoms with E-state index in [1.807, 2.05) is 48.5 Å². The highest BCUT2D eigenvalue weighted by atomic mass is 16.5. The van der Waals surface area contributed by atoms with Crippen LogP contribution in [-0.2, 0) is 12.8 Å².